The summed E-state index contributed by atoms with van der Waals surface area (Å²) < 4.78 is 35.6. The molecule has 1 aromatic heterocycles. The van der Waals surface area contributed by atoms with Gasteiger partial charge in [-0.2, -0.15) is 5.26 Å². The van der Waals surface area contributed by atoms with Gasteiger partial charge in [-0.25, -0.2) is 4.39 Å². The molecule has 0 bridgehead atoms. The third kappa shape index (κ3) is 4.34. The van der Waals surface area contributed by atoms with Gasteiger partial charge in [-0.1, -0.05) is 19.6 Å². The molecule has 3 rings (SSSR count). The number of nitrogens with zero attached hydrogens (tertiary/aromatic N) is 2. The van der Waals surface area contributed by atoms with Crippen molar-refractivity contribution in [1.82, 2.24) is 4.57 Å². The highest BCUT2D eigenvalue weighted by molar-refractivity contribution is 6.76. The lowest BCUT2D eigenvalue weighted by Gasteiger charge is -2.32. The summed E-state index contributed by atoms with van der Waals surface area (Å²) in [5.74, 6) is -0.484. The zero-order valence-electron chi connectivity index (χ0n) is 20.3. The van der Waals surface area contributed by atoms with Crippen molar-refractivity contribution >= 4 is 31.6 Å². The molecule has 2 aromatic rings. The molecule has 1 aliphatic rings. The lowest BCUT2D eigenvalue weighted by molar-refractivity contribution is 0.00578. The number of hydrogen-bond acceptors (Lipinski definition) is 4. The van der Waals surface area contributed by atoms with E-state index in [-0.39, 0.29) is 5.56 Å². The minimum absolute atomic E-state index is 0.290. The molecule has 0 unspecified atom stereocenters. The molecule has 0 spiro atoms. The first-order valence-corrected chi connectivity index (χ1v) is 14.6. The Labute approximate surface area is 186 Å². The summed E-state index contributed by atoms with van der Waals surface area (Å²) in [6.07, 6.45) is 0. The van der Waals surface area contributed by atoms with E-state index >= 15 is 4.39 Å². The Morgan fingerprint density at radius 2 is 1.74 bits per heavy atom. The molecule has 5 nitrogen and oxygen atoms in total. The molecule has 1 aromatic carbocycles. The third-order valence-electron chi connectivity index (χ3n) is 6.71. The SMILES string of the molecule is Cc1c(C)n(COCC[Si](C)(C)C)c2c(C#N)cc(F)c(B3OC(C)(C)C(C)(C)O3)c12. The molecule has 0 N–H and O–H groups in total. The number of nitriles is 1. The van der Waals surface area contributed by atoms with Crippen molar-refractivity contribution in [2.24, 2.45) is 0 Å². The summed E-state index contributed by atoms with van der Waals surface area (Å²) in [6.45, 7) is 19.6. The zero-order chi connectivity index (χ0) is 23.4. The van der Waals surface area contributed by atoms with E-state index < -0.39 is 32.2 Å². The van der Waals surface area contributed by atoms with Crippen LogP contribution in [0.25, 0.3) is 10.9 Å². The fourth-order valence-electron chi connectivity index (χ4n) is 3.84. The first-order chi connectivity index (χ1) is 14.2. The summed E-state index contributed by atoms with van der Waals surface area (Å²) in [5, 5.41) is 10.4. The van der Waals surface area contributed by atoms with Crippen LogP contribution in [0.3, 0.4) is 0 Å². The highest BCUT2D eigenvalue weighted by Gasteiger charge is 2.53. The molecule has 31 heavy (non-hydrogen) atoms. The summed E-state index contributed by atoms with van der Waals surface area (Å²) in [4.78, 5) is 0. The van der Waals surface area contributed by atoms with E-state index in [0.717, 1.165) is 17.3 Å². The van der Waals surface area contributed by atoms with Gasteiger partial charge in [0.2, 0.25) is 0 Å². The molecule has 0 saturated carbocycles. The van der Waals surface area contributed by atoms with E-state index in [2.05, 4.69) is 25.7 Å². The van der Waals surface area contributed by atoms with E-state index in [1.807, 2.05) is 46.1 Å². The second-order valence-corrected chi connectivity index (χ2v) is 16.4. The van der Waals surface area contributed by atoms with Crippen molar-refractivity contribution in [2.45, 2.75) is 85.2 Å². The van der Waals surface area contributed by atoms with Crippen molar-refractivity contribution in [1.29, 1.82) is 5.26 Å². The number of fused-ring (bicyclic) bond motifs is 1. The van der Waals surface area contributed by atoms with Gasteiger partial charge < -0.3 is 18.6 Å². The summed E-state index contributed by atoms with van der Waals surface area (Å²) >= 11 is 0. The maximum absolute atomic E-state index is 15.3. The minimum atomic E-state index is -1.21. The first kappa shape index (κ1) is 24.0. The van der Waals surface area contributed by atoms with E-state index in [1.54, 1.807) is 0 Å². The van der Waals surface area contributed by atoms with Crippen molar-refractivity contribution in [3.63, 3.8) is 0 Å². The number of ether oxygens (including phenoxy) is 1. The number of halogens is 1. The fraction of sp³-hybridized carbons (Fsp3) is 0.609. The Morgan fingerprint density at radius 1 is 1.16 bits per heavy atom. The highest BCUT2D eigenvalue weighted by atomic mass is 28.3. The Morgan fingerprint density at radius 3 is 2.26 bits per heavy atom. The summed E-state index contributed by atoms with van der Waals surface area (Å²) in [5.41, 5.74) is 2.00. The van der Waals surface area contributed by atoms with Crippen LogP contribution in [0.5, 0.6) is 0 Å². The number of aryl methyl sites for hydroxylation is 1. The third-order valence-corrected chi connectivity index (χ3v) is 8.41. The molecule has 0 amide bonds. The Hall–Kier alpha value is -1.66. The van der Waals surface area contributed by atoms with Crippen LogP contribution in [0, 0.1) is 31.0 Å². The molecule has 0 atom stereocenters. The van der Waals surface area contributed by atoms with Gasteiger partial charge in [-0.05, 0) is 59.2 Å². The van der Waals surface area contributed by atoms with Crippen LogP contribution in [0.4, 0.5) is 4.39 Å². The first-order valence-electron chi connectivity index (χ1n) is 10.9. The highest BCUT2D eigenvalue weighted by Crippen LogP contribution is 2.38. The molecular formula is C23H34BFN2O3Si. The minimum Gasteiger partial charge on any atom is -0.399 e. The van der Waals surface area contributed by atoms with Crippen molar-refractivity contribution in [3.05, 3.63) is 28.7 Å². The van der Waals surface area contributed by atoms with Crippen LogP contribution in [0.15, 0.2) is 6.07 Å². The molecule has 1 saturated heterocycles. The van der Waals surface area contributed by atoms with E-state index in [1.165, 1.54) is 6.07 Å². The fourth-order valence-corrected chi connectivity index (χ4v) is 4.59. The lowest BCUT2D eigenvalue weighted by Crippen LogP contribution is -2.41. The second kappa shape index (κ2) is 8.04. The maximum Gasteiger partial charge on any atom is 0.498 e. The van der Waals surface area contributed by atoms with Gasteiger partial charge in [0.1, 0.15) is 18.6 Å². The Bertz CT molecular complexity index is 1030. The zero-order valence-corrected chi connectivity index (χ0v) is 21.3. The van der Waals surface area contributed by atoms with Crippen molar-refractivity contribution in [2.75, 3.05) is 6.61 Å². The van der Waals surface area contributed by atoms with Gasteiger partial charge >= 0.3 is 7.12 Å². The molecule has 0 aliphatic carbocycles. The van der Waals surface area contributed by atoms with Gasteiger partial charge in [0, 0.05) is 31.2 Å². The average molecular weight is 444 g/mol. The molecule has 168 valence electrons. The summed E-state index contributed by atoms with van der Waals surface area (Å²) in [6, 6.07) is 4.52. The lowest BCUT2D eigenvalue weighted by atomic mass is 9.75. The number of benzene rings is 1. The van der Waals surface area contributed by atoms with Gasteiger partial charge in [-0.15, -0.1) is 0 Å². The molecular weight excluding hydrogens is 410 g/mol. The van der Waals surface area contributed by atoms with Crippen LogP contribution in [-0.2, 0) is 20.8 Å². The van der Waals surface area contributed by atoms with E-state index in [0.29, 0.717) is 29.7 Å². The van der Waals surface area contributed by atoms with Gasteiger partial charge in [0.15, 0.2) is 0 Å². The van der Waals surface area contributed by atoms with E-state index in [9.17, 15) is 5.26 Å². The standard InChI is InChI=1S/C23H34BFN2O3Si/c1-15-16(2)27(14-28-10-11-31(7,8)9)21-17(13-26)12-18(25)20(19(15)21)24-29-22(3,4)23(5,6)30-24/h12H,10-11,14H2,1-9H3. The Balaban J connectivity index is 2.10. The monoisotopic (exact) mass is 444 g/mol. The second-order valence-electron chi connectivity index (χ2n) is 10.7. The Kier molecular flexibility index (Phi) is 6.22. The molecule has 1 fully saturated rings. The normalized spacial score (nSPS) is 18.0. The quantitative estimate of drug-likeness (QED) is 0.471. The summed E-state index contributed by atoms with van der Waals surface area (Å²) in [7, 11) is -2.05. The van der Waals surface area contributed by atoms with Gasteiger partial charge in [-0.3, -0.25) is 0 Å². The number of rotatable bonds is 6. The van der Waals surface area contributed by atoms with Crippen LogP contribution in [0.2, 0.25) is 25.7 Å². The molecule has 1 aliphatic heterocycles. The maximum atomic E-state index is 15.3. The largest absolute Gasteiger partial charge is 0.498 e. The van der Waals surface area contributed by atoms with Crippen LogP contribution in [-0.4, -0.2) is 37.6 Å². The van der Waals surface area contributed by atoms with Crippen LogP contribution < -0.4 is 5.46 Å². The smallest absolute Gasteiger partial charge is 0.399 e. The van der Waals surface area contributed by atoms with Gasteiger partial charge in [0.25, 0.3) is 0 Å². The molecule has 0 radical (unpaired) electrons. The predicted octanol–water partition coefficient (Wildman–Crippen LogP) is 4.88. The molecule has 2 heterocycles. The molecule has 8 heteroatoms. The van der Waals surface area contributed by atoms with Crippen molar-refractivity contribution < 1.29 is 18.4 Å². The predicted molar refractivity (Wildman–Crippen MR) is 126 cm³/mol. The van der Waals surface area contributed by atoms with Gasteiger partial charge in [0.05, 0.1) is 22.3 Å². The average Bonchev–Trinajstić information content (AvgIpc) is 3.00. The van der Waals surface area contributed by atoms with Crippen LogP contribution >= 0.6 is 0 Å². The van der Waals surface area contributed by atoms with Crippen LogP contribution in [0.1, 0.15) is 44.5 Å². The van der Waals surface area contributed by atoms with Crippen molar-refractivity contribution in [3.8, 4) is 6.07 Å². The number of hydrogen-bond donors (Lipinski definition) is 0. The van der Waals surface area contributed by atoms with E-state index in [4.69, 9.17) is 14.0 Å². The topological polar surface area (TPSA) is 56.4 Å². The number of aromatic nitrogens is 1.